The quantitative estimate of drug-likeness (QED) is 0.707. The zero-order chi connectivity index (χ0) is 10.7. The van der Waals surface area contributed by atoms with Gasteiger partial charge in [0.15, 0.2) is 6.29 Å². The van der Waals surface area contributed by atoms with Crippen LogP contribution in [0, 0.1) is 11.8 Å². The zero-order valence-corrected chi connectivity index (χ0v) is 9.15. The first-order valence-electron chi connectivity index (χ1n) is 5.70. The van der Waals surface area contributed by atoms with E-state index in [-0.39, 0.29) is 12.0 Å². The molecule has 2 unspecified atom stereocenters. The fourth-order valence-electron chi connectivity index (χ4n) is 2.14. The lowest BCUT2D eigenvalue weighted by atomic mass is 9.92. The molecule has 0 amide bonds. The molecule has 0 N–H and O–H groups in total. The van der Waals surface area contributed by atoms with Crippen molar-refractivity contribution in [3.8, 4) is 0 Å². The molecule has 88 valence electrons. The van der Waals surface area contributed by atoms with E-state index in [0.717, 1.165) is 13.0 Å². The van der Waals surface area contributed by atoms with Gasteiger partial charge in [0, 0.05) is 12.5 Å². The summed E-state index contributed by atoms with van der Waals surface area (Å²) < 4.78 is 28.4. The lowest BCUT2D eigenvalue weighted by Crippen LogP contribution is -2.42. The number of ether oxygens (including phenoxy) is 3. The van der Waals surface area contributed by atoms with Crippen molar-refractivity contribution in [1.29, 1.82) is 0 Å². The van der Waals surface area contributed by atoms with Crippen LogP contribution in [0.25, 0.3) is 0 Å². The van der Waals surface area contributed by atoms with E-state index in [4.69, 9.17) is 14.2 Å². The first-order chi connectivity index (χ1) is 7.29. The Labute approximate surface area is 89.9 Å². The predicted molar refractivity (Wildman–Crippen MR) is 53.3 cm³/mol. The average molecular weight is 218 g/mol. The summed E-state index contributed by atoms with van der Waals surface area (Å²) in [5, 5.41) is 0. The molecule has 2 saturated heterocycles. The minimum atomic E-state index is -0.649. The van der Waals surface area contributed by atoms with Gasteiger partial charge in [0.2, 0.25) is 0 Å². The monoisotopic (exact) mass is 218 g/mol. The number of alkyl halides is 1. The van der Waals surface area contributed by atoms with E-state index >= 15 is 0 Å². The van der Waals surface area contributed by atoms with E-state index in [9.17, 15) is 4.39 Å². The maximum Gasteiger partial charge on any atom is 0.185 e. The molecule has 4 heteroatoms. The van der Waals surface area contributed by atoms with Crippen molar-refractivity contribution in [2.45, 2.75) is 32.2 Å². The zero-order valence-electron chi connectivity index (χ0n) is 9.15. The van der Waals surface area contributed by atoms with Gasteiger partial charge in [-0.1, -0.05) is 6.92 Å². The minimum absolute atomic E-state index is 0.238. The summed E-state index contributed by atoms with van der Waals surface area (Å²) in [4.78, 5) is 0. The lowest BCUT2D eigenvalue weighted by molar-refractivity contribution is -0.227. The number of hydrogen-bond acceptors (Lipinski definition) is 3. The van der Waals surface area contributed by atoms with Crippen LogP contribution in [-0.2, 0) is 14.2 Å². The van der Waals surface area contributed by atoms with Crippen LogP contribution in [-0.4, -0.2) is 38.9 Å². The van der Waals surface area contributed by atoms with E-state index < -0.39 is 13.0 Å². The Morgan fingerprint density at radius 3 is 2.33 bits per heavy atom. The van der Waals surface area contributed by atoms with E-state index in [0.29, 0.717) is 19.1 Å². The molecule has 0 radical (unpaired) electrons. The highest BCUT2D eigenvalue weighted by Crippen LogP contribution is 2.26. The standard InChI is InChI=1S/C11H19FO3/c1-8-2-3-10(13-5-8)9-6-14-11(4-12)15-7-9/h8-11H,2-7H2,1H3. The molecule has 2 heterocycles. The fourth-order valence-corrected chi connectivity index (χ4v) is 2.14. The smallest absolute Gasteiger partial charge is 0.185 e. The summed E-state index contributed by atoms with van der Waals surface area (Å²) in [5.74, 6) is 0.936. The third kappa shape index (κ3) is 2.89. The van der Waals surface area contributed by atoms with Crippen molar-refractivity contribution < 1.29 is 18.6 Å². The summed E-state index contributed by atoms with van der Waals surface area (Å²) in [6.07, 6.45) is 1.86. The first-order valence-corrected chi connectivity index (χ1v) is 5.70. The van der Waals surface area contributed by atoms with Crippen LogP contribution in [0.4, 0.5) is 4.39 Å². The van der Waals surface area contributed by atoms with Gasteiger partial charge in [-0.3, -0.25) is 0 Å². The molecular formula is C11H19FO3. The predicted octanol–water partition coefficient (Wildman–Crippen LogP) is 1.76. The summed E-state index contributed by atoms with van der Waals surface area (Å²) >= 11 is 0. The van der Waals surface area contributed by atoms with Crippen LogP contribution in [0.3, 0.4) is 0 Å². The molecule has 2 atom stereocenters. The van der Waals surface area contributed by atoms with Gasteiger partial charge in [-0.05, 0) is 18.8 Å². The first kappa shape index (κ1) is 11.3. The van der Waals surface area contributed by atoms with E-state index in [1.807, 2.05) is 0 Å². The van der Waals surface area contributed by atoms with Crippen LogP contribution in [0.2, 0.25) is 0 Å². The average Bonchev–Trinajstić information content (AvgIpc) is 2.30. The van der Waals surface area contributed by atoms with Gasteiger partial charge < -0.3 is 14.2 Å². The molecule has 2 aliphatic rings. The fraction of sp³-hybridized carbons (Fsp3) is 1.00. The van der Waals surface area contributed by atoms with Gasteiger partial charge >= 0.3 is 0 Å². The van der Waals surface area contributed by atoms with Gasteiger partial charge in [0.1, 0.15) is 6.67 Å². The van der Waals surface area contributed by atoms with Gasteiger partial charge in [-0.15, -0.1) is 0 Å². The summed E-state index contributed by atoms with van der Waals surface area (Å²) in [7, 11) is 0. The van der Waals surface area contributed by atoms with Crippen molar-refractivity contribution in [1.82, 2.24) is 0 Å². The van der Waals surface area contributed by atoms with Gasteiger partial charge in [0.05, 0.1) is 19.3 Å². The maximum absolute atomic E-state index is 12.2. The number of hydrogen-bond donors (Lipinski definition) is 0. The van der Waals surface area contributed by atoms with Gasteiger partial charge in [0.25, 0.3) is 0 Å². The largest absolute Gasteiger partial charge is 0.377 e. The third-order valence-corrected chi connectivity index (χ3v) is 3.18. The third-order valence-electron chi connectivity index (χ3n) is 3.18. The molecule has 15 heavy (non-hydrogen) atoms. The van der Waals surface area contributed by atoms with Gasteiger partial charge in [-0.25, -0.2) is 4.39 Å². The second-order valence-corrected chi connectivity index (χ2v) is 4.56. The number of halogens is 1. The van der Waals surface area contributed by atoms with E-state index in [2.05, 4.69) is 6.92 Å². The Balaban J connectivity index is 1.75. The Morgan fingerprint density at radius 2 is 1.80 bits per heavy atom. The summed E-state index contributed by atoms with van der Waals surface area (Å²) in [5.41, 5.74) is 0. The molecule has 0 bridgehead atoms. The van der Waals surface area contributed by atoms with Crippen molar-refractivity contribution in [3.05, 3.63) is 0 Å². The molecule has 0 aromatic heterocycles. The van der Waals surface area contributed by atoms with Crippen molar-refractivity contribution >= 4 is 0 Å². The van der Waals surface area contributed by atoms with Gasteiger partial charge in [-0.2, -0.15) is 0 Å². The van der Waals surface area contributed by atoms with Crippen molar-refractivity contribution in [2.24, 2.45) is 11.8 Å². The lowest BCUT2D eigenvalue weighted by Gasteiger charge is -2.36. The number of rotatable bonds is 2. The van der Waals surface area contributed by atoms with Crippen LogP contribution in [0.1, 0.15) is 19.8 Å². The SMILES string of the molecule is CC1CCC(C2COC(CF)OC2)OC1. The molecule has 3 nitrogen and oxygen atoms in total. The highest BCUT2D eigenvalue weighted by Gasteiger charge is 2.31. The molecular weight excluding hydrogens is 199 g/mol. The molecule has 2 rings (SSSR count). The molecule has 0 spiro atoms. The van der Waals surface area contributed by atoms with Crippen molar-refractivity contribution in [2.75, 3.05) is 26.5 Å². The molecule has 2 fully saturated rings. The Hall–Kier alpha value is -0.190. The normalized spacial score (nSPS) is 42.8. The second-order valence-electron chi connectivity index (χ2n) is 4.56. The van der Waals surface area contributed by atoms with Crippen LogP contribution in [0.5, 0.6) is 0 Å². The molecule has 0 aliphatic carbocycles. The minimum Gasteiger partial charge on any atom is -0.377 e. The molecule has 0 aromatic carbocycles. The molecule has 0 saturated carbocycles. The summed E-state index contributed by atoms with van der Waals surface area (Å²) in [6, 6.07) is 0. The molecule has 0 aromatic rings. The Kier molecular flexibility index (Phi) is 3.94. The second kappa shape index (κ2) is 5.23. The van der Waals surface area contributed by atoms with Crippen LogP contribution in [0.15, 0.2) is 0 Å². The summed E-state index contributed by atoms with van der Waals surface area (Å²) in [6.45, 7) is 3.59. The topological polar surface area (TPSA) is 27.7 Å². The van der Waals surface area contributed by atoms with Crippen LogP contribution >= 0.6 is 0 Å². The Morgan fingerprint density at radius 1 is 1.07 bits per heavy atom. The molecule has 2 aliphatic heterocycles. The van der Waals surface area contributed by atoms with E-state index in [1.54, 1.807) is 0 Å². The highest BCUT2D eigenvalue weighted by atomic mass is 19.1. The van der Waals surface area contributed by atoms with E-state index in [1.165, 1.54) is 6.42 Å². The highest BCUT2D eigenvalue weighted by molar-refractivity contribution is 4.77. The Bertz CT molecular complexity index is 184. The van der Waals surface area contributed by atoms with Crippen LogP contribution < -0.4 is 0 Å². The maximum atomic E-state index is 12.2. The van der Waals surface area contributed by atoms with Crippen molar-refractivity contribution in [3.63, 3.8) is 0 Å².